The fourth-order valence-electron chi connectivity index (χ4n) is 0.826. The summed E-state index contributed by atoms with van der Waals surface area (Å²) in [6.07, 6.45) is 0.641. The van der Waals surface area contributed by atoms with Crippen molar-refractivity contribution in [3.63, 3.8) is 0 Å². The molecule has 0 aromatic carbocycles. The van der Waals surface area contributed by atoms with Gasteiger partial charge in [0.05, 0.1) is 7.11 Å². The predicted molar refractivity (Wildman–Crippen MR) is 40.3 cm³/mol. The summed E-state index contributed by atoms with van der Waals surface area (Å²) in [7, 11) is 1.23. The number of rotatable bonds is 3. The van der Waals surface area contributed by atoms with Crippen LogP contribution in [0.3, 0.4) is 0 Å². The molecule has 0 aliphatic heterocycles. The third-order valence-electron chi connectivity index (χ3n) is 1.44. The molecule has 0 saturated heterocycles. The number of nitrogens with zero attached hydrogens (tertiary/aromatic N) is 1. The number of aliphatic hydroxyl groups is 1. The van der Waals surface area contributed by atoms with Crippen LogP contribution in [0.5, 0.6) is 0 Å². The Balaban J connectivity index is 2.47. The number of aliphatic hydroxyl groups excluding tert-OH is 1. The Morgan fingerprint density at radius 3 is 3.17 bits per heavy atom. The highest BCUT2D eigenvalue weighted by Crippen LogP contribution is 1.99. The first-order valence-electron chi connectivity index (χ1n) is 3.48. The van der Waals surface area contributed by atoms with Crippen molar-refractivity contribution in [2.75, 3.05) is 7.11 Å². The molecule has 1 rings (SSSR count). The van der Waals surface area contributed by atoms with Crippen LogP contribution in [0.2, 0.25) is 0 Å². The number of nitrogens with one attached hydrogen (secondary N) is 1. The standard InChI is InChI=1S/C7H10N2O3/c1-12-7(11)6(10)4-5-2-3-8-9-5/h2-3,6,10H,4H2,1H3,(H,8,9). The average Bonchev–Trinajstić information content (AvgIpc) is 2.55. The van der Waals surface area contributed by atoms with E-state index in [-0.39, 0.29) is 6.42 Å². The number of esters is 1. The van der Waals surface area contributed by atoms with Gasteiger partial charge in [0.25, 0.3) is 0 Å². The Bertz CT molecular complexity index is 245. The molecule has 0 bridgehead atoms. The molecule has 0 radical (unpaired) electrons. The van der Waals surface area contributed by atoms with E-state index in [1.807, 2.05) is 0 Å². The number of aromatic nitrogens is 2. The average molecular weight is 170 g/mol. The second-order valence-electron chi connectivity index (χ2n) is 2.32. The highest BCUT2D eigenvalue weighted by Gasteiger charge is 2.15. The number of hydrogen-bond donors (Lipinski definition) is 2. The van der Waals surface area contributed by atoms with Gasteiger partial charge in [-0.1, -0.05) is 0 Å². The highest BCUT2D eigenvalue weighted by molar-refractivity contribution is 5.74. The number of aromatic amines is 1. The van der Waals surface area contributed by atoms with Crippen LogP contribution < -0.4 is 0 Å². The highest BCUT2D eigenvalue weighted by atomic mass is 16.5. The van der Waals surface area contributed by atoms with Crippen LogP contribution in [-0.4, -0.2) is 34.5 Å². The number of hydrogen-bond acceptors (Lipinski definition) is 4. The second-order valence-corrected chi connectivity index (χ2v) is 2.32. The van der Waals surface area contributed by atoms with E-state index in [9.17, 15) is 4.79 Å². The Kier molecular flexibility index (Phi) is 2.82. The number of carbonyl (C=O) groups excluding carboxylic acids is 1. The monoisotopic (exact) mass is 170 g/mol. The van der Waals surface area contributed by atoms with E-state index in [1.54, 1.807) is 12.3 Å². The van der Waals surface area contributed by atoms with Crippen LogP contribution in [0.1, 0.15) is 5.69 Å². The maximum atomic E-state index is 10.7. The Morgan fingerprint density at radius 2 is 2.67 bits per heavy atom. The van der Waals surface area contributed by atoms with Crippen molar-refractivity contribution in [1.29, 1.82) is 0 Å². The predicted octanol–water partition coefficient (Wildman–Crippen LogP) is -0.514. The van der Waals surface area contributed by atoms with Crippen molar-refractivity contribution in [2.24, 2.45) is 0 Å². The maximum absolute atomic E-state index is 10.7. The third-order valence-corrected chi connectivity index (χ3v) is 1.44. The van der Waals surface area contributed by atoms with Gasteiger partial charge in [-0.15, -0.1) is 0 Å². The van der Waals surface area contributed by atoms with E-state index >= 15 is 0 Å². The van der Waals surface area contributed by atoms with Gasteiger partial charge in [-0.25, -0.2) is 4.79 Å². The molecule has 1 atom stereocenters. The molecule has 5 nitrogen and oxygen atoms in total. The van der Waals surface area contributed by atoms with E-state index in [0.717, 1.165) is 0 Å². The molecule has 0 aliphatic rings. The van der Waals surface area contributed by atoms with Crippen molar-refractivity contribution in [2.45, 2.75) is 12.5 Å². The fourth-order valence-corrected chi connectivity index (χ4v) is 0.826. The first-order chi connectivity index (χ1) is 5.74. The minimum Gasteiger partial charge on any atom is -0.467 e. The largest absolute Gasteiger partial charge is 0.467 e. The summed E-state index contributed by atoms with van der Waals surface area (Å²) in [6.45, 7) is 0. The summed E-state index contributed by atoms with van der Waals surface area (Å²) in [5.41, 5.74) is 0.702. The van der Waals surface area contributed by atoms with Crippen LogP contribution >= 0.6 is 0 Å². The zero-order valence-electron chi connectivity index (χ0n) is 6.65. The summed E-state index contributed by atoms with van der Waals surface area (Å²) in [5, 5.41) is 15.5. The molecule has 1 aromatic rings. The lowest BCUT2D eigenvalue weighted by molar-refractivity contribution is -0.150. The molecule has 0 amide bonds. The lowest BCUT2D eigenvalue weighted by Crippen LogP contribution is -2.24. The summed E-state index contributed by atoms with van der Waals surface area (Å²) in [5.74, 6) is -0.635. The molecule has 1 aromatic heterocycles. The maximum Gasteiger partial charge on any atom is 0.335 e. The number of H-pyrrole nitrogens is 1. The van der Waals surface area contributed by atoms with Crippen LogP contribution in [-0.2, 0) is 16.0 Å². The molecule has 1 heterocycles. The SMILES string of the molecule is COC(=O)C(O)Cc1ccn[nH]1. The van der Waals surface area contributed by atoms with E-state index < -0.39 is 12.1 Å². The minimum absolute atomic E-state index is 0.201. The fraction of sp³-hybridized carbons (Fsp3) is 0.429. The lowest BCUT2D eigenvalue weighted by Gasteiger charge is -2.05. The van der Waals surface area contributed by atoms with Crippen LogP contribution in [0.25, 0.3) is 0 Å². The Labute approximate surface area is 69.4 Å². The molecule has 0 aliphatic carbocycles. The third kappa shape index (κ3) is 2.06. The first kappa shape index (κ1) is 8.73. The lowest BCUT2D eigenvalue weighted by atomic mass is 10.2. The van der Waals surface area contributed by atoms with Gasteiger partial charge in [0.2, 0.25) is 0 Å². The topological polar surface area (TPSA) is 75.2 Å². The van der Waals surface area contributed by atoms with Gasteiger partial charge in [0, 0.05) is 18.3 Å². The molecule has 0 fully saturated rings. The number of carbonyl (C=O) groups is 1. The second kappa shape index (κ2) is 3.87. The van der Waals surface area contributed by atoms with Crippen LogP contribution in [0, 0.1) is 0 Å². The molecule has 0 spiro atoms. The molecule has 12 heavy (non-hydrogen) atoms. The van der Waals surface area contributed by atoms with E-state index in [1.165, 1.54) is 7.11 Å². The van der Waals surface area contributed by atoms with Crippen molar-refractivity contribution in [3.05, 3.63) is 18.0 Å². The molecule has 5 heteroatoms. The smallest absolute Gasteiger partial charge is 0.335 e. The van der Waals surface area contributed by atoms with Gasteiger partial charge in [-0.2, -0.15) is 5.10 Å². The van der Waals surface area contributed by atoms with E-state index in [0.29, 0.717) is 5.69 Å². The summed E-state index contributed by atoms with van der Waals surface area (Å²) < 4.78 is 4.34. The van der Waals surface area contributed by atoms with Gasteiger partial charge < -0.3 is 9.84 Å². The molecular weight excluding hydrogens is 160 g/mol. The van der Waals surface area contributed by atoms with Gasteiger partial charge in [-0.3, -0.25) is 5.10 Å². The molecule has 1 unspecified atom stereocenters. The van der Waals surface area contributed by atoms with Gasteiger partial charge >= 0.3 is 5.97 Å². The molecule has 2 N–H and O–H groups in total. The Hall–Kier alpha value is -1.36. The zero-order chi connectivity index (χ0) is 8.97. The van der Waals surface area contributed by atoms with Crippen molar-refractivity contribution >= 4 is 5.97 Å². The van der Waals surface area contributed by atoms with E-state index in [2.05, 4.69) is 14.9 Å². The molecular formula is C7H10N2O3. The summed E-state index contributed by atoms with van der Waals surface area (Å²) >= 11 is 0. The van der Waals surface area contributed by atoms with Gasteiger partial charge in [0.1, 0.15) is 0 Å². The molecule has 66 valence electrons. The number of methoxy groups -OCH3 is 1. The Morgan fingerprint density at radius 1 is 1.92 bits per heavy atom. The normalized spacial score (nSPS) is 12.5. The van der Waals surface area contributed by atoms with Crippen molar-refractivity contribution < 1.29 is 14.6 Å². The van der Waals surface area contributed by atoms with Crippen LogP contribution in [0.4, 0.5) is 0 Å². The first-order valence-corrected chi connectivity index (χ1v) is 3.48. The summed E-state index contributed by atoms with van der Waals surface area (Å²) in [4.78, 5) is 10.7. The quantitative estimate of drug-likeness (QED) is 0.599. The molecule has 0 saturated carbocycles. The van der Waals surface area contributed by atoms with Crippen LogP contribution in [0.15, 0.2) is 12.3 Å². The minimum atomic E-state index is -1.12. The van der Waals surface area contributed by atoms with Crippen molar-refractivity contribution in [1.82, 2.24) is 10.2 Å². The summed E-state index contributed by atoms with van der Waals surface area (Å²) in [6, 6.07) is 1.69. The van der Waals surface area contributed by atoms with Gasteiger partial charge in [0.15, 0.2) is 6.10 Å². The zero-order valence-corrected chi connectivity index (χ0v) is 6.65. The van der Waals surface area contributed by atoms with Gasteiger partial charge in [-0.05, 0) is 6.07 Å². The van der Waals surface area contributed by atoms with E-state index in [4.69, 9.17) is 5.11 Å². The number of ether oxygens (including phenoxy) is 1. The van der Waals surface area contributed by atoms with Crippen molar-refractivity contribution in [3.8, 4) is 0 Å².